The number of aliphatic carboxylic acids is 1. The van der Waals surface area contributed by atoms with Crippen LogP contribution in [-0.4, -0.2) is 45.1 Å². The first-order valence-corrected chi connectivity index (χ1v) is 9.94. The first kappa shape index (κ1) is 23.6. The van der Waals surface area contributed by atoms with Crippen molar-refractivity contribution in [1.82, 2.24) is 14.9 Å². The van der Waals surface area contributed by atoms with Gasteiger partial charge < -0.3 is 26.9 Å². The Hall–Kier alpha value is -3.63. The van der Waals surface area contributed by atoms with Crippen molar-refractivity contribution in [2.75, 3.05) is 6.54 Å². The van der Waals surface area contributed by atoms with Gasteiger partial charge in [0.15, 0.2) is 5.96 Å². The minimum absolute atomic E-state index is 0.0429. The van der Waals surface area contributed by atoms with Gasteiger partial charge in [-0.3, -0.25) is 14.6 Å². The van der Waals surface area contributed by atoms with Crippen molar-refractivity contribution in [3.8, 4) is 0 Å². The third kappa shape index (κ3) is 6.17. The molecule has 1 heterocycles. The van der Waals surface area contributed by atoms with Crippen molar-refractivity contribution >= 4 is 28.7 Å². The fourth-order valence-electron chi connectivity index (χ4n) is 3.26. The summed E-state index contributed by atoms with van der Waals surface area (Å²) >= 11 is 0. The van der Waals surface area contributed by atoms with Gasteiger partial charge in [-0.2, -0.15) is 0 Å². The lowest BCUT2D eigenvalue weighted by atomic mass is 10.0. The summed E-state index contributed by atoms with van der Waals surface area (Å²) in [6.45, 7) is 3.89. The molecule has 2 atom stereocenters. The molecule has 168 valence electrons. The Morgan fingerprint density at radius 3 is 2.52 bits per heavy atom. The standard InChI is InChI=1S/C20H28N6O5/c1-11(2)10-15(16(27)24-14(18(29)30)8-5-9-23-19(21)22)26-17(28)12-6-3-4-7-13(12)25-20(26)31/h3-4,6-7,11,14-15H,5,8-10H2,1-2H3,(H,24,27)(H,25,31)(H,29,30)(H4,21,22,23). The number of H-pyrrole nitrogens is 1. The molecule has 0 fully saturated rings. The maximum atomic E-state index is 13.0. The summed E-state index contributed by atoms with van der Waals surface area (Å²) in [5.41, 5.74) is 9.51. The first-order valence-electron chi connectivity index (χ1n) is 9.94. The Bertz CT molecular complexity index is 1080. The molecule has 1 aromatic carbocycles. The number of aliphatic imine (C=N–C) groups is 1. The highest BCUT2D eigenvalue weighted by Gasteiger charge is 2.29. The molecule has 0 spiro atoms. The van der Waals surface area contributed by atoms with Crippen LogP contribution in [0.2, 0.25) is 0 Å². The smallest absolute Gasteiger partial charge is 0.329 e. The van der Waals surface area contributed by atoms with Crippen LogP contribution in [0.5, 0.6) is 0 Å². The van der Waals surface area contributed by atoms with Gasteiger partial charge in [0.05, 0.1) is 10.9 Å². The molecule has 11 nitrogen and oxygen atoms in total. The van der Waals surface area contributed by atoms with Gasteiger partial charge in [-0.15, -0.1) is 0 Å². The zero-order chi connectivity index (χ0) is 23.1. The third-order valence-corrected chi connectivity index (χ3v) is 4.71. The predicted molar refractivity (Wildman–Crippen MR) is 117 cm³/mol. The topological polar surface area (TPSA) is 186 Å². The molecule has 1 amide bonds. The Labute approximate surface area is 178 Å². The Balaban J connectivity index is 2.35. The van der Waals surface area contributed by atoms with Crippen molar-refractivity contribution < 1.29 is 14.7 Å². The fraction of sp³-hybridized carbons (Fsp3) is 0.450. The summed E-state index contributed by atoms with van der Waals surface area (Å²) in [7, 11) is 0. The van der Waals surface area contributed by atoms with Gasteiger partial charge >= 0.3 is 11.7 Å². The number of aromatic nitrogens is 2. The number of guanidine groups is 1. The summed E-state index contributed by atoms with van der Waals surface area (Å²) in [6, 6.07) is 4.10. The van der Waals surface area contributed by atoms with E-state index in [1.807, 2.05) is 13.8 Å². The van der Waals surface area contributed by atoms with Crippen LogP contribution < -0.4 is 28.0 Å². The molecule has 0 aliphatic heterocycles. The molecule has 7 N–H and O–H groups in total. The minimum atomic E-state index is -1.24. The Morgan fingerprint density at radius 2 is 1.90 bits per heavy atom. The van der Waals surface area contributed by atoms with Crippen LogP contribution in [-0.2, 0) is 9.59 Å². The molecular weight excluding hydrogens is 404 g/mol. The van der Waals surface area contributed by atoms with E-state index in [0.29, 0.717) is 11.9 Å². The number of hydrogen-bond donors (Lipinski definition) is 5. The second-order valence-corrected chi connectivity index (χ2v) is 7.64. The first-order chi connectivity index (χ1) is 14.6. The summed E-state index contributed by atoms with van der Waals surface area (Å²) in [5.74, 6) is -2.10. The number of aromatic amines is 1. The van der Waals surface area contributed by atoms with Gasteiger partial charge in [-0.1, -0.05) is 26.0 Å². The van der Waals surface area contributed by atoms with E-state index in [1.54, 1.807) is 24.3 Å². The van der Waals surface area contributed by atoms with E-state index in [-0.39, 0.29) is 36.7 Å². The summed E-state index contributed by atoms with van der Waals surface area (Å²) in [4.78, 5) is 56.7. The normalized spacial score (nSPS) is 13.0. The number of nitrogens with zero attached hydrogens (tertiary/aromatic N) is 2. The number of benzene rings is 1. The number of amides is 1. The van der Waals surface area contributed by atoms with E-state index in [9.17, 15) is 24.3 Å². The van der Waals surface area contributed by atoms with Crippen LogP contribution in [0, 0.1) is 5.92 Å². The maximum Gasteiger partial charge on any atom is 0.329 e. The van der Waals surface area contributed by atoms with E-state index in [0.717, 1.165) is 4.57 Å². The SMILES string of the molecule is CC(C)CC(C(=O)NC(CCCN=C(N)N)C(=O)O)n1c(=O)[nH]c2ccccc2c1=O. The number of hydrogen-bond acceptors (Lipinski definition) is 5. The average Bonchev–Trinajstić information content (AvgIpc) is 2.68. The van der Waals surface area contributed by atoms with Crippen molar-refractivity contribution in [2.45, 2.75) is 45.2 Å². The van der Waals surface area contributed by atoms with Crippen LogP contribution >= 0.6 is 0 Å². The molecule has 2 unspecified atom stereocenters. The van der Waals surface area contributed by atoms with Crippen molar-refractivity contribution in [2.24, 2.45) is 22.4 Å². The number of rotatable bonds is 10. The number of carbonyl (C=O) groups excluding carboxylic acids is 1. The highest BCUT2D eigenvalue weighted by atomic mass is 16.4. The molecule has 2 rings (SSSR count). The average molecular weight is 432 g/mol. The van der Waals surface area contributed by atoms with E-state index < -0.39 is 35.2 Å². The monoisotopic (exact) mass is 432 g/mol. The van der Waals surface area contributed by atoms with Crippen LogP contribution in [0.4, 0.5) is 0 Å². The summed E-state index contributed by atoms with van der Waals surface area (Å²) in [6.07, 6.45) is 0.573. The molecule has 0 radical (unpaired) electrons. The molecule has 11 heteroatoms. The number of nitrogens with one attached hydrogen (secondary N) is 2. The number of carboxylic acids is 1. The van der Waals surface area contributed by atoms with Gasteiger partial charge in [0.1, 0.15) is 12.1 Å². The van der Waals surface area contributed by atoms with E-state index in [2.05, 4.69) is 15.3 Å². The second kappa shape index (κ2) is 10.4. The maximum absolute atomic E-state index is 13.0. The zero-order valence-electron chi connectivity index (χ0n) is 17.5. The van der Waals surface area contributed by atoms with Gasteiger partial charge in [0.25, 0.3) is 5.56 Å². The van der Waals surface area contributed by atoms with Crippen molar-refractivity contribution in [3.05, 3.63) is 45.1 Å². The number of carboxylic acid groups (broad SMARTS) is 1. The molecule has 0 aliphatic rings. The highest BCUT2D eigenvalue weighted by molar-refractivity contribution is 5.86. The third-order valence-electron chi connectivity index (χ3n) is 4.71. The molecule has 0 aliphatic carbocycles. The van der Waals surface area contributed by atoms with Crippen molar-refractivity contribution in [3.63, 3.8) is 0 Å². The Kier molecular flexibility index (Phi) is 7.94. The molecule has 2 aromatic rings. The number of nitrogens with two attached hydrogens (primary N) is 2. The van der Waals surface area contributed by atoms with Gasteiger partial charge in [-0.25, -0.2) is 14.2 Å². The molecule has 0 bridgehead atoms. The summed E-state index contributed by atoms with van der Waals surface area (Å²) < 4.78 is 0.857. The van der Waals surface area contributed by atoms with E-state index in [4.69, 9.17) is 11.5 Å². The zero-order valence-corrected chi connectivity index (χ0v) is 17.5. The lowest BCUT2D eigenvalue weighted by molar-refractivity contribution is -0.142. The molecular formula is C20H28N6O5. The van der Waals surface area contributed by atoms with Crippen LogP contribution in [0.15, 0.2) is 38.8 Å². The van der Waals surface area contributed by atoms with E-state index >= 15 is 0 Å². The summed E-state index contributed by atoms with van der Waals surface area (Å²) in [5, 5.41) is 12.2. The lowest BCUT2D eigenvalue weighted by Gasteiger charge is -2.23. The van der Waals surface area contributed by atoms with Gasteiger partial charge in [0, 0.05) is 6.54 Å². The molecule has 1 aromatic heterocycles. The predicted octanol–water partition coefficient (Wildman–Crippen LogP) is -0.1000. The lowest BCUT2D eigenvalue weighted by Crippen LogP contribution is -2.49. The van der Waals surface area contributed by atoms with Gasteiger partial charge in [0.2, 0.25) is 5.91 Å². The quantitative estimate of drug-likeness (QED) is 0.197. The highest BCUT2D eigenvalue weighted by Crippen LogP contribution is 2.17. The van der Waals surface area contributed by atoms with Gasteiger partial charge in [-0.05, 0) is 37.3 Å². The molecule has 31 heavy (non-hydrogen) atoms. The second-order valence-electron chi connectivity index (χ2n) is 7.64. The number of carbonyl (C=O) groups is 2. The van der Waals surface area contributed by atoms with Crippen LogP contribution in [0.3, 0.4) is 0 Å². The number of para-hydroxylation sites is 1. The minimum Gasteiger partial charge on any atom is -0.480 e. The van der Waals surface area contributed by atoms with E-state index in [1.165, 1.54) is 0 Å². The van der Waals surface area contributed by atoms with Crippen molar-refractivity contribution in [1.29, 1.82) is 0 Å². The Morgan fingerprint density at radius 1 is 1.23 bits per heavy atom. The van der Waals surface area contributed by atoms with Crippen LogP contribution in [0.25, 0.3) is 10.9 Å². The van der Waals surface area contributed by atoms with Crippen LogP contribution in [0.1, 0.15) is 39.2 Å². The molecule has 0 saturated heterocycles. The molecule has 0 saturated carbocycles. The largest absolute Gasteiger partial charge is 0.480 e. The number of fused-ring (bicyclic) bond motifs is 1. The fourth-order valence-corrected chi connectivity index (χ4v) is 3.26.